The Morgan fingerprint density at radius 1 is 1.21 bits per heavy atom. The van der Waals surface area contributed by atoms with Gasteiger partial charge in [0.05, 0.1) is 11.5 Å². The van der Waals surface area contributed by atoms with Crippen LogP contribution in [0.25, 0.3) is 16.5 Å². The van der Waals surface area contributed by atoms with Crippen molar-refractivity contribution in [2.45, 2.75) is 17.9 Å². The summed E-state index contributed by atoms with van der Waals surface area (Å²) in [6.45, 7) is 0.913. The monoisotopic (exact) mass is 556 g/mol. The number of hydrogen-bond donors (Lipinski definition) is 4. The number of aromatic hydroxyl groups is 1. The topological polar surface area (TPSA) is 159 Å². The number of sulfonamides is 1. The average molecular weight is 557 g/mol. The second kappa shape index (κ2) is 11.6. The van der Waals surface area contributed by atoms with Gasteiger partial charge >= 0.3 is 0 Å². The van der Waals surface area contributed by atoms with Crippen molar-refractivity contribution in [3.05, 3.63) is 82.9 Å². The maximum Gasteiger partial charge on any atom is 0.263 e. The minimum Gasteiger partial charge on any atom is -0.507 e. The highest BCUT2D eigenvalue weighted by atomic mass is 32.2. The van der Waals surface area contributed by atoms with Crippen LogP contribution in [0.4, 0.5) is 5.82 Å². The van der Waals surface area contributed by atoms with Gasteiger partial charge in [0.2, 0.25) is 0 Å². The van der Waals surface area contributed by atoms with Gasteiger partial charge in [0, 0.05) is 33.7 Å². The number of rotatable bonds is 11. The predicted molar refractivity (Wildman–Crippen MR) is 142 cm³/mol. The second-order valence-electron chi connectivity index (χ2n) is 8.18. The number of phenolic OH excluding ortho intramolecular Hbond substituents is 1. The summed E-state index contributed by atoms with van der Waals surface area (Å²) in [6.07, 6.45) is 1.67. The number of ketones is 1. The molecule has 2 aromatic carbocycles. The van der Waals surface area contributed by atoms with Crippen LogP contribution in [0.5, 0.6) is 11.5 Å². The lowest BCUT2D eigenvalue weighted by atomic mass is 10.0. The standard InChI is InChI=1S/C26H24N2O8S2/c1-16-11-26(27-36-16)28-38(33,34)20-7-4-17(5-8-20)22(31)9-6-18-12-21(25-3-2-10-37-25)23(32)13-24(18)35-15-19(30)14-29/h2-13,19,29-30,32H,14-15H2,1H3,(H,27,28)/b9-6+. The highest BCUT2D eigenvalue weighted by Crippen LogP contribution is 2.38. The number of phenols is 1. The van der Waals surface area contributed by atoms with Crippen LogP contribution in [0.2, 0.25) is 0 Å². The molecular formula is C26H24N2O8S2. The fourth-order valence-electron chi connectivity index (χ4n) is 3.38. The van der Waals surface area contributed by atoms with E-state index in [1.165, 1.54) is 59.9 Å². The molecule has 1 atom stereocenters. The minimum atomic E-state index is -3.93. The quantitative estimate of drug-likeness (QED) is 0.159. The summed E-state index contributed by atoms with van der Waals surface area (Å²) in [7, 11) is -3.93. The Kier molecular flexibility index (Phi) is 8.27. The number of allylic oxidation sites excluding steroid dienone is 1. The molecule has 0 aliphatic rings. The van der Waals surface area contributed by atoms with Crippen molar-refractivity contribution < 1.29 is 37.8 Å². The Bertz CT molecular complexity index is 1540. The van der Waals surface area contributed by atoms with E-state index in [9.17, 15) is 23.4 Å². The van der Waals surface area contributed by atoms with E-state index in [-0.39, 0.29) is 34.4 Å². The maximum absolute atomic E-state index is 12.8. The Balaban J connectivity index is 1.56. The van der Waals surface area contributed by atoms with Gasteiger partial charge in [0.25, 0.3) is 10.0 Å². The molecule has 0 saturated heterocycles. The summed E-state index contributed by atoms with van der Waals surface area (Å²) in [4.78, 5) is 13.6. The van der Waals surface area contributed by atoms with E-state index in [1.807, 2.05) is 17.5 Å². The van der Waals surface area contributed by atoms with E-state index < -0.39 is 28.5 Å². The summed E-state index contributed by atoms with van der Waals surface area (Å²) in [5, 5.41) is 34.7. The maximum atomic E-state index is 12.8. The minimum absolute atomic E-state index is 0.0457. The highest BCUT2D eigenvalue weighted by molar-refractivity contribution is 7.92. The molecule has 0 aliphatic heterocycles. The number of ether oxygens (including phenoxy) is 1. The zero-order valence-corrected chi connectivity index (χ0v) is 21.7. The Morgan fingerprint density at radius 3 is 2.61 bits per heavy atom. The number of aromatic nitrogens is 1. The Hall–Kier alpha value is -3.97. The zero-order chi connectivity index (χ0) is 27.3. The third-order valence-electron chi connectivity index (χ3n) is 5.29. The molecule has 2 heterocycles. The number of aliphatic hydroxyl groups is 2. The molecule has 38 heavy (non-hydrogen) atoms. The number of carbonyl (C=O) groups is 1. The smallest absolute Gasteiger partial charge is 0.263 e. The van der Waals surface area contributed by atoms with Gasteiger partial charge in [0.1, 0.15) is 30.0 Å². The molecule has 0 radical (unpaired) electrons. The molecule has 0 bridgehead atoms. The summed E-state index contributed by atoms with van der Waals surface area (Å²) < 4.78 is 37.9. The second-order valence-corrected chi connectivity index (χ2v) is 10.8. The lowest BCUT2D eigenvalue weighted by Crippen LogP contribution is -2.21. The summed E-state index contributed by atoms with van der Waals surface area (Å²) in [5.41, 5.74) is 1.23. The molecule has 12 heteroatoms. The number of carbonyl (C=O) groups excluding carboxylic acids is 1. The fourth-order valence-corrected chi connectivity index (χ4v) is 5.12. The first-order chi connectivity index (χ1) is 18.2. The van der Waals surface area contributed by atoms with Crippen LogP contribution < -0.4 is 9.46 Å². The van der Waals surface area contributed by atoms with Crippen molar-refractivity contribution >= 4 is 39.0 Å². The van der Waals surface area contributed by atoms with Gasteiger partial charge in [-0.1, -0.05) is 11.2 Å². The number of nitrogens with zero attached hydrogens (tertiary/aromatic N) is 1. The van der Waals surface area contributed by atoms with Crippen molar-refractivity contribution in [2.24, 2.45) is 0 Å². The molecule has 0 spiro atoms. The van der Waals surface area contributed by atoms with E-state index >= 15 is 0 Å². The average Bonchev–Trinajstić information content (AvgIpc) is 3.58. The molecule has 0 saturated carbocycles. The van der Waals surface area contributed by atoms with Gasteiger partial charge in [-0.25, -0.2) is 8.42 Å². The van der Waals surface area contributed by atoms with Crippen LogP contribution in [0.3, 0.4) is 0 Å². The molecule has 4 aromatic rings. The number of aryl methyl sites for hydroxylation is 1. The first kappa shape index (κ1) is 27.1. The van der Waals surface area contributed by atoms with Crippen molar-refractivity contribution in [3.8, 4) is 21.9 Å². The van der Waals surface area contributed by atoms with E-state index in [4.69, 9.17) is 14.4 Å². The Morgan fingerprint density at radius 2 is 1.97 bits per heavy atom. The van der Waals surface area contributed by atoms with Gasteiger partial charge in [0.15, 0.2) is 11.6 Å². The molecule has 198 valence electrons. The fraction of sp³-hybridized carbons (Fsp3) is 0.154. The van der Waals surface area contributed by atoms with Crippen LogP contribution in [-0.4, -0.2) is 54.0 Å². The van der Waals surface area contributed by atoms with Crippen LogP contribution >= 0.6 is 11.3 Å². The van der Waals surface area contributed by atoms with Crippen LogP contribution in [0.15, 0.2) is 75.5 Å². The van der Waals surface area contributed by atoms with Crippen molar-refractivity contribution in [1.29, 1.82) is 0 Å². The normalized spacial score (nSPS) is 12.5. The summed E-state index contributed by atoms with van der Waals surface area (Å²) >= 11 is 1.42. The van der Waals surface area contributed by atoms with E-state index in [0.29, 0.717) is 16.9 Å². The van der Waals surface area contributed by atoms with E-state index in [0.717, 1.165) is 4.88 Å². The van der Waals surface area contributed by atoms with Gasteiger partial charge < -0.3 is 24.6 Å². The number of anilines is 1. The number of hydrogen-bond acceptors (Lipinski definition) is 10. The number of nitrogens with one attached hydrogen (secondary N) is 1. The molecule has 0 amide bonds. The Labute approximate surface area is 222 Å². The number of aliphatic hydroxyl groups excluding tert-OH is 2. The first-order valence-electron chi connectivity index (χ1n) is 11.3. The van der Waals surface area contributed by atoms with Crippen molar-refractivity contribution in [1.82, 2.24) is 5.16 Å². The molecule has 0 aliphatic carbocycles. The lowest BCUT2D eigenvalue weighted by molar-refractivity contribution is 0.0535. The molecule has 0 fully saturated rings. The number of benzene rings is 2. The predicted octanol–water partition coefficient (Wildman–Crippen LogP) is 3.85. The molecule has 4 N–H and O–H groups in total. The molecule has 10 nitrogen and oxygen atoms in total. The molecule has 4 rings (SSSR count). The van der Waals surface area contributed by atoms with Crippen LogP contribution in [-0.2, 0) is 10.0 Å². The van der Waals surface area contributed by atoms with Crippen LogP contribution in [0.1, 0.15) is 21.7 Å². The van der Waals surface area contributed by atoms with Gasteiger partial charge in [-0.15, -0.1) is 11.3 Å². The van der Waals surface area contributed by atoms with Gasteiger partial charge in [-0.05, 0) is 60.9 Å². The SMILES string of the molecule is Cc1cc(NS(=O)(=O)c2ccc(C(=O)/C=C/c3cc(-c4cccs4)c(O)cc3OCC(O)CO)cc2)no1. The van der Waals surface area contributed by atoms with E-state index in [1.54, 1.807) is 13.0 Å². The molecule has 1 unspecified atom stereocenters. The lowest BCUT2D eigenvalue weighted by Gasteiger charge is -2.14. The largest absolute Gasteiger partial charge is 0.507 e. The summed E-state index contributed by atoms with van der Waals surface area (Å²) in [5.74, 6) is 0.252. The third kappa shape index (κ3) is 6.47. The van der Waals surface area contributed by atoms with E-state index in [2.05, 4.69) is 9.88 Å². The molecular weight excluding hydrogens is 532 g/mol. The molecule has 2 aromatic heterocycles. The van der Waals surface area contributed by atoms with Crippen molar-refractivity contribution in [3.63, 3.8) is 0 Å². The van der Waals surface area contributed by atoms with Gasteiger partial charge in [-0.2, -0.15) is 0 Å². The van der Waals surface area contributed by atoms with Gasteiger partial charge in [-0.3, -0.25) is 9.52 Å². The highest BCUT2D eigenvalue weighted by Gasteiger charge is 2.17. The summed E-state index contributed by atoms with van der Waals surface area (Å²) in [6, 6.07) is 13.5. The zero-order valence-electron chi connectivity index (χ0n) is 20.1. The number of thiophene rings is 1. The van der Waals surface area contributed by atoms with Crippen LogP contribution in [0, 0.1) is 6.92 Å². The van der Waals surface area contributed by atoms with Crippen molar-refractivity contribution in [2.75, 3.05) is 17.9 Å². The third-order valence-corrected chi connectivity index (χ3v) is 7.56. The first-order valence-corrected chi connectivity index (χ1v) is 13.6.